The molecular weight excluding hydrogens is 458 g/mol. The van der Waals surface area contributed by atoms with Gasteiger partial charge in [0.05, 0.1) is 5.52 Å². The number of piperazine rings is 1. The highest BCUT2D eigenvalue weighted by Crippen LogP contribution is 2.13. The molecule has 0 aliphatic carbocycles. The number of fused-ring (bicyclic) bond motifs is 2. The lowest BCUT2D eigenvalue weighted by Gasteiger charge is -2.32. The lowest BCUT2D eigenvalue weighted by atomic mass is 10.1. The van der Waals surface area contributed by atoms with Crippen LogP contribution in [0.15, 0.2) is 58.1 Å². The van der Waals surface area contributed by atoms with Gasteiger partial charge in [0.2, 0.25) is 11.3 Å². The van der Waals surface area contributed by atoms with Crippen LogP contribution in [0.2, 0.25) is 0 Å². The predicted molar refractivity (Wildman–Crippen MR) is 138 cm³/mol. The number of hydrogen-bond acceptors (Lipinski definition) is 7. The predicted octanol–water partition coefficient (Wildman–Crippen LogP) is 1.24. The SMILES string of the molecule is CN1CCN(Cc2ccc(CNC(=O)/C=C/c3ccc4c(=O)c5[nH]nnc5c(=O)[nH]c4c3)cc2)CC1. The summed E-state index contributed by atoms with van der Waals surface area (Å²) < 4.78 is 0. The van der Waals surface area contributed by atoms with Crippen molar-refractivity contribution < 1.29 is 4.79 Å². The molecule has 184 valence electrons. The average molecular weight is 486 g/mol. The third kappa shape index (κ3) is 5.24. The molecule has 3 N–H and O–H groups in total. The zero-order valence-electron chi connectivity index (χ0n) is 20.0. The number of carbonyl (C=O) groups is 1. The van der Waals surface area contributed by atoms with Crippen LogP contribution in [0, 0.1) is 0 Å². The zero-order valence-corrected chi connectivity index (χ0v) is 20.0. The van der Waals surface area contributed by atoms with Gasteiger partial charge in [0.25, 0.3) is 5.56 Å². The first kappa shape index (κ1) is 23.6. The molecule has 4 aromatic rings. The van der Waals surface area contributed by atoms with Gasteiger partial charge in [-0.3, -0.25) is 24.4 Å². The molecule has 2 aromatic heterocycles. The summed E-state index contributed by atoms with van der Waals surface area (Å²) in [5, 5.41) is 12.9. The number of hydrogen-bond donors (Lipinski definition) is 3. The highest BCUT2D eigenvalue weighted by Gasteiger charge is 2.14. The Hall–Kier alpha value is -4.15. The highest BCUT2D eigenvalue weighted by molar-refractivity contribution is 5.93. The molecule has 0 atom stereocenters. The Labute approximate surface area is 206 Å². The van der Waals surface area contributed by atoms with Gasteiger partial charge in [0.1, 0.15) is 5.52 Å². The van der Waals surface area contributed by atoms with Crippen LogP contribution in [0.5, 0.6) is 0 Å². The van der Waals surface area contributed by atoms with E-state index in [1.165, 1.54) is 11.6 Å². The molecule has 2 aromatic carbocycles. The third-order valence-corrected chi connectivity index (χ3v) is 6.45. The number of amides is 1. The molecule has 5 rings (SSSR count). The topological polar surface area (TPSA) is 127 Å². The maximum absolute atomic E-state index is 12.7. The molecule has 1 saturated heterocycles. The van der Waals surface area contributed by atoms with E-state index < -0.39 is 5.56 Å². The molecule has 0 unspecified atom stereocenters. The molecule has 36 heavy (non-hydrogen) atoms. The number of likely N-dealkylation sites (N-methyl/N-ethyl adjacent to an activating group) is 1. The number of benzene rings is 2. The van der Waals surface area contributed by atoms with Crippen molar-refractivity contribution in [2.24, 2.45) is 0 Å². The molecule has 1 aliphatic rings. The van der Waals surface area contributed by atoms with Crippen molar-refractivity contribution in [2.75, 3.05) is 33.2 Å². The Morgan fingerprint density at radius 2 is 1.81 bits per heavy atom. The monoisotopic (exact) mass is 485 g/mol. The number of carbonyl (C=O) groups excluding carboxylic acids is 1. The van der Waals surface area contributed by atoms with Crippen LogP contribution in [0.1, 0.15) is 16.7 Å². The maximum atomic E-state index is 12.7. The van der Waals surface area contributed by atoms with E-state index in [4.69, 9.17) is 0 Å². The summed E-state index contributed by atoms with van der Waals surface area (Å²) in [6, 6.07) is 13.3. The van der Waals surface area contributed by atoms with E-state index >= 15 is 0 Å². The minimum Gasteiger partial charge on any atom is -0.348 e. The van der Waals surface area contributed by atoms with Gasteiger partial charge in [-0.25, -0.2) is 0 Å². The largest absolute Gasteiger partial charge is 0.348 e. The minimum atomic E-state index is -0.515. The molecule has 3 heterocycles. The summed E-state index contributed by atoms with van der Waals surface area (Å²) in [5.74, 6) is -0.239. The Kier molecular flexibility index (Phi) is 6.70. The van der Waals surface area contributed by atoms with E-state index in [2.05, 4.69) is 54.7 Å². The van der Waals surface area contributed by atoms with Crippen molar-refractivity contribution in [1.82, 2.24) is 35.5 Å². The summed E-state index contributed by atoms with van der Waals surface area (Å²) in [6.45, 7) is 5.71. The second kappa shape index (κ2) is 10.2. The fraction of sp³-hybridized carbons (Fsp3) is 0.269. The fourth-order valence-electron chi connectivity index (χ4n) is 4.28. The van der Waals surface area contributed by atoms with Crippen molar-refractivity contribution in [3.63, 3.8) is 0 Å². The number of nitrogens with one attached hydrogen (secondary N) is 3. The number of H-pyrrole nitrogens is 2. The molecule has 1 fully saturated rings. The van der Waals surface area contributed by atoms with Gasteiger partial charge in [-0.05, 0) is 41.9 Å². The number of aromatic nitrogens is 4. The number of aromatic amines is 2. The van der Waals surface area contributed by atoms with E-state index in [1.807, 2.05) is 12.1 Å². The van der Waals surface area contributed by atoms with Crippen LogP contribution in [0.25, 0.3) is 28.0 Å². The maximum Gasteiger partial charge on any atom is 0.278 e. The average Bonchev–Trinajstić information content (AvgIpc) is 3.35. The van der Waals surface area contributed by atoms with Gasteiger partial charge >= 0.3 is 0 Å². The number of rotatable bonds is 6. The highest BCUT2D eigenvalue weighted by atomic mass is 16.1. The summed E-state index contributed by atoms with van der Waals surface area (Å²) in [4.78, 5) is 44.8. The Bertz CT molecular complexity index is 1550. The first-order chi connectivity index (χ1) is 17.5. The zero-order chi connectivity index (χ0) is 25.1. The van der Waals surface area contributed by atoms with Crippen LogP contribution in [-0.2, 0) is 17.9 Å². The fourth-order valence-corrected chi connectivity index (χ4v) is 4.28. The quantitative estimate of drug-likeness (QED) is 0.351. The van der Waals surface area contributed by atoms with Gasteiger partial charge in [-0.15, -0.1) is 5.10 Å². The molecule has 1 amide bonds. The third-order valence-electron chi connectivity index (χ3n) is 6.45. The minimum absolute atomic E-state index is 0.0416. The Balaban J connectivity index is 1.20. The summed E-state index contributed by atoms with van der Waals surface area (Å²) in [5.41, 5.74) is 2.45. The Morgan fingerprint density at radius 3 is 2.58 bits per heavy atom. The second-order valence-corrected chi connectivity index (χ2v) is 9.07. The van der Waals surface area contributed by atoms with Gasteiger partial charge in [-0.2, -0.15) is 0 Å². The molecular formula is C26H27N7O3. The standard InChI is InChI=1S/C26H27N7O3/c1-32-10-12-33(13-11-32)16-19-4-2-18(3-5-19)15-27-22(34)9-7-17-6-8-20-21(14-17)28-26(36)24-23(25(20)35)29-31-30-24/h2-9,14H,10-13,15-16H2,1H3,(H,27,34)(H,28,36)(H,29,30,31)/b9-7+. The van der Waals surface area contributed by atoms with Crippen molar-refractivity contribution in [3.05, 3.63) is 85.8 Å². The van der Waals surface area contributed by atoms with Crippen LogP contribution < -0.4 is 16.3 Å². The summed E-state index contributed by atoms with van der Waals surface area (Å²) >= 11 is 0. The van der Waals surface area contributed by atoms with Crippen LogP contribution in [0.3, 0.4) is 0 Å². The lowest BCUT2D eigenvalue weighted by molar-refractivity contribution is -0.116. The normalized spacial score (nSPS) is 15.1. The molecule has 10 heteroatoms. The van der Waals surface area contributed by atoms with E-state index in [9.17, 15) is 14.4 Å². The molecule has 0 spiro atoms. The van der Waals surface area contributed by atoms with Gasteiger partial charge in [0, 0.05) is 50.7 Å². The van der Waals surface area contributed by atoms with Gasteiger partial charge in [-0.1, -0.05) is 35.5 Å². The molecule has 0 radical (unpaired) electrons. The smallest absolute Gasteiger partial charge is 0.278 e. The van der Waals surface area contributed by atoms with E-state index in [-0.39, 0.29) is 22.4 Å². The van der Waals surface area contributed by atoms with Gasteiger partial charge < -0.3 is 15.2 Å². The molecule has 1 aliphatic heterocycles. The first-order valence-electron chi connectivity index (χ1n) is 11.8. The van der Waals surface area contributed by atoms with Crippen molar-refractivity contribution >= 4 is 33.9 Å². The van der Waals surface area contributed by atoms with Crippen LogP contribution in [0.4, 0.5) is 0 Å². The molecule has 0 bridgehead atoms. The van der Waals surface area contributed by atoms with Crippen molar-refractivity contribution in [3.8, 4) is 0 Å². The van der Waals surface area contributed by atoms with E-state index in [0.29, 0.717) is 23.0 Å². The van der Waals surface area contributed by atoms with Crippen LogP contribution >= 0.6 is 0 Å². The molecule has 10 nitrogen and oxygen atoms in total. The lowest BCUT2D eigenvalue weighted by Crippen LogP contribution is -2.43. The second-order valence-electron chi connectivity index (χ2n) is 9.07. The van der Waals surface area contributed by atoms with E-state index in [1.54, 1.807) is 24.3 Å². The Morgan fingerprint density at radius 1 is 1.06 bits per heavy atom. The number of nitrogens with zero attached hydrogens (tertiary/aromatic N) is 4. The van der Waals surface area contributed by atoms with Crippen LogP contribution in [-0.4, -0.2) is 69.3 Å². The first-order valence-corrected chi connectivity index (χ1v) is 11.8. The van der Waals surface area contributed by atoms with Crippen molar-refractivity contribution in [2.45, 2.75) is 13.1 Å². The van der Waals surface area contributed by atoms with Gasteiger partial charge in [0.15, 0.2) is 5.52 Å². The van der Waals surface area contributed by atoms with Crippen molar-refractivity contribution in [1.29, 1.82) is 0 Å². The van der Waals surface area contributed by atoms with E-state index in [0.717, 1.165) is 38.3 Å². The molecule has 0 saturated carbocycles. The summed E-state index contributed by atoms with van der Waals surface area (Å²) in [7, 11) is 2.15. The summed E-state index contributed by atoms with van der Waals surface area (Å²) in [6.07, 6.45) is 3.06.